The summed E-state index contributed by atoms with van der Waals surface area (Å²) in [6.45, 7) is 28.9. The summed E-state index contributed by atoms with van der Waals surface area (Å²) in [5.41, 5.74) is 14.9. The molecule has 4 atom stereocenters. The molecule has 4 aromatic carbocycles. The van der Waals surface area contributed by atoms with Crippen LogP contribution in [0.2, 0.25) is 0 Å². The molecule has 0 bridgehead atoms. The van der Waals surface area contributed by atoms with Crippen LogP contribution in [0, 0.1) is 34.6 Å². The van der Waals surface area contributed by atoms with Gasteiger partial charge in [-0.3, -0.25) is 34.7 Å². The normalized spacial score (nSPS) is 11.7. The molecular weight excluding hydrogens is 1480 g/mol. The minimum atomic E-state index is -1.50. The predicted octanol–water partition coefficient (Wildman–Crippen LogP) is 13.6. The Morgan fingerprint density at radius 2 is 1.00 bits per heavy atom. The predicted molar refractivity (Wildman–Crippen MR) is 418 cm³/mol. The minimum absolute atomic E-state index is 0. The van der Waals surface area contributed by atoms with Crippen LogP contribution in [0.25, 0.3) is 33.4 Å². The number of unbranched alkanes of at least 4 members (excludes halogenated alkanes) is 2. The van der Waals surface area contributed by atoms with Crippen molar-refractivity contribution in [3.8, 4) is 33.4 Å². The standard InChI is InChI=1S/C21H29ClN2OS.C17H20N2OS.C13H11NO.C7H7BO3.C6H6BrN.C4H8Cl.C4H11NOS.CH4.BrH.ClH.Mg/c1-16-15-23-13-11-19(16)17-8-7-9-18(14-17)20(10-5-6-12-22)24-26(25)21(2,3)4;1-13-11-18-9-8-16(13)15-7-5-6-14(10-15)12-19-21(20)17(2,3)4;1-10-8-14-6-5-13(10)12-4-2-3-11(7-12)9-15;9-5-6-2-1-3-7(4-6)8(10)11;1-5-4-8-3-2-6(5)7;1-2-3-4-5;1-4(2,3)7(5)6;;;;/h7-9,11,13-15,20,24H,5-6,10,12H2,1-4H3;5-12H,1-4H3;2-9H,1H3;1-5,10-11H;2-4H,1H3;1-4H2;5H2,1-3H3;1H4;2*1H;/q;;;;;-1;;;;;+2/p-1. The largest absolute Gasteiger partial charge is 2.00 e. The van der Waals surface area contributed by atoms with E-state index in [2.05, 4.69) is 89.2 Å². The summed E-state index contributed by atoms with van der Waals surface area (Å²) < 4.78 is 42.7. The van der Waals surface area contributed by atoms with Gasteiger partial charge in [-0.15, -0.1) is 35.6 Å². The number of aromatic nitrogens is 4. The Hall–Kier alpha value is -4.56. The number of nitrogens with two attached hydrogens (primary N) is 1. The number of carbonyl (C=O) groups excluding carboxylic acids is 2. The summed E-state index contributed by atoms with van der Waals surface area (Å²) in [4.78, 5) is 37.1. The van der Waals surface area contributed by atoms with E-state index < -0.39 is 40.1 Å². The van der Waals surface area contributed by atoms with Crippen molar-refractivity contribution in [2.75, 3.05) is 11.8 Å². The third-order valence-electron chi connectivity index (χ3n) is 13.0. The first-order valence-corrected chi connectivity index (χ1v) is 35.4. The summed E-state index contributed by atoms with van der Waals surface area (Å²) in [5, 5.41) is 22.4. The molecule has 24 heteroatoms. The maximum atomic E-state index is 12.7. The van der Waals surface area contributed by atoms with Gasteiger partial charge in [-0.05, 0) is 218 Å². The van der Waals surface area contributed by atoms with Crippen molar-refractivity contribution in [3.63, 3.8) is 0 Å². The summed E-state index contributed by atoms with van der Waals surface area (Å²) >= 11 is 14.5. The molecule has 0 aliphatic rings. The van der Waals surface area contributed by atoms with Crippen LogP contribution in [0.1, 0.15) is 162 Å². The zero-order valence-electron chi connectivity index (χ0n) is 57.3. The number of hydrogen-bond donors (Lipinski definition) is 4. The first-order chi connectivity index (χ1) is 43.9. The Labute approximate surface area is 638 Å². The molecular formula is C73H97BBr2Cl3MgN7O7S3. The number of aryl methyl sites for hydroxylation is 4. The minimum Gasteiger partial charge on any atom is -1.00 e. The quantitative estimate of drug-likeness (QED) is 0.0167. The summed E-state index contributed by atoms with van der Waals surface area (Å²) in [7, 11) is -5.04. The van der Waals surface area contributed by atoms with Gasteiger partial charge in [0.2, 0.25) is 0 Å². The SMILES string of the molecule is C.CC(C)(C)S(N)=O.Cc1cnccc1-c1cccc(C(CCCCCl)NS(=O)C(C)(C)C)c1.Cc1cnccc1-c1cccc(C=NS(=O)C(C)(C)C)c1.Cc1cnccc1-c1cccc(C=O)c1.Cc1cnccc1Br.Cl.O=Cc1cccc(B(O)O)c1.[Br-].[CH2-]CCCCl.[Mg+2]. The van der Waals surface area contributed by atoms with Gasteiger partial charge < -0.3 is 34.0 Å². The van der Waals surface area contributed by atoms with Crippen LogP contribution in [-0.4, -0.2) is 118 Å². The molecule has 8 rings (SSSR count). The van der Waals surface area contributed by atoms with Crippen LogP contribution in [0.4, 0.5) is 0 Å². The second kappa shape index (κ2) is 51.6. The average molecular weight is 1580 g/mol. The summed E-state index contributed by atoms with van der Waals surface area (Å²) in [6, 6.07) is 38.2. The molecule has 0 saturated carbocycles. The third-order valence-corrected chi connectivity index (χ3v) is 18.6. The van der Waals surface area contributed by atoms with Crippen LogP contribution in [-0.2, 0) is 33.0 Å². The number of alkyl halides is 2. The zero-order chi connectivity index (χ0) is 69.7. The fourth-order valence-corrected chi connectivity index (χ4v) is 9.53. The molecule has 14 nitrogen and oxygen atoms in total. The first-order valence-electron chi connectivity index (χ1n) is 30.1. The van der Waals surface area contributed by atoms with E-state index in [1.165, 1.54) is 23.3 Å². The molecule has 0 radical (unpaired) electrons. The molecule has 97 heavy (non-hydrogen) atoms. The van der Waals surface area contributed by atoms with Crippen molar-refractivity contribution in [2.24, 2.45) is 9.54 Å². The van der Waals surface area contributed by atoms with Crippen molar-refractivity contribution in [1.29, 1.82) is 0 Å². The van der Waals surface area contributed by atoms with Crippen molar-refractivity contribution in [1.82, 2.24) is 24.7 Å². The monoisotopic (exact) mass is 1580 g/mol. The van der Waals surface area contributed by atoms with E-state index in [1.54, 1.807) is 43.0 Å². The Morgan fingerprint density at radius 3 is 1.36 bits per heavy atom. The van der Waals surface area contributed by atoms with E-state index in [4.69, 9.17) is 38.4 Å². The van der Waals surface area contributed by atoms with Crippen LogP contribution < -0.4 is 32.3 Å². The van der Waals surface area contributed by atoms with E-state index in [0.717, 1.165) is 104 Å². The Bertz CT molecular complexity index is 3640. The topological polar surface area (TPSA) is 228 Å². The second-order valence-electron chi connectivity index (χ2n) is 24.0. The van der Waals surface area contributed by atoms with E-state index in [-0.39, 0.29) is 80.2 Å². The number of aldehydes is 2. The van der Waals surface area contributed by atoms with Gasteiger partial charge in [0.1, 0.15) is 23.6 Å². The Morgan fingerprint density at radius 1 is 0.598 bits per heavy atom. The maximum absolute atomic E-state index is 12.7. The van der Waals surface area contributed by atoms with Gasteiger partial charge in [0, 0.05) is 89.2 Å². The van der Waals surface area contributed by atoms with Crippen molar-refractivity contribution in [3.05, 3.63) is 227 Å². The molecule has 0 amide bonds. The van der Waals surface area contributed by atoms with E-state index in [1.807, 2.05) is 175 Å². The number of hydrogen-bond acceptors (Lipinski definition) is 11. The van der Waals surface area contributed by atoms with E-state index in [0.29, 0.717) is 28.8 Å². The number of rotatable bonds is 17. The third kappa shape index (κ3) is 38.7. The second-order valence-corrected chi connectivity index (χ2v) is 31.4. The Kier molecular flexibility index (Phi) is 51.4. The number of carbonyl (C=O) groups is 2. The molecule has 5 N–H and O–H groups in total. The molecule has 8 aromatic rings. The molecule has 4 unspecified atom stereocenters. The molecule has 0 spiro atoms. The molecule has 4 aromatic heterocycles. The van der Waals surface area contributed by atoms with Crippen molar-refractivity contribution >= 4 is 139 Å². The number of pyridine rings is 4. The fourth-order valence-electron chi connectivity index (χ4n) is 7.53. The van der Waals surface area contributed by atoms with Gasteiger partial charge in [-0.25, -0.2) is 17.3 Å². The average Bonchev–Trinajstić information content (AvgIpc) is 0.873. The van der Waals surface area contributed by atoms with Gasteiger partial charge in [0.25, 0.3) is 0 Å². The van der Waals surface area contributed by atoms with Crippen LogP contribution >= 0.6 is 51.5 Å². The molecule has 0 aliphatic heterocycles. The number of nitrogens with one attached hydrogen (secondary N) is 1. The van der Waals surface area contributed by atoms with Crippen LogP contribution in [0.15, 0.2) is 180 Å². The maximum Gasteiger partial charge on any atom is 2.00 e. The smallest absolute Gasteiger partial charge is 1.00 e. The summed E-state index contributed by atoms with van der Waals surface area (Å²) in [5.74, 6) is 1.41. The molecule has 0 fully saturated rings. The molecule has 0 saturated heterocycles. The van der Waals surface area contributed by atoms with Gasteiger partial charge in [-0.1, -0.05) is 115 Å². The summed E-state index contributed by atoms with van der Waals surface area (Å²) in [6.07, 6.45) is 22.6. The molecule has 524 valence electrons. The van der Waals surface area contributed by atoms with Crippen LogP contribution in [0.3, 0.4) is 0 Å². The fraction of sp³-hybridized carbons (Fsp3) is 0.342. The number of nitrogens with zero attached hydrogens (tertiary/aromatic N) is 5. The zero-order valence-corrected chi connectivity index (χ0v) is 66.7. The van der Waals surface area contributed by atoms with Crippen molar-refractivity contribution in [2.45, 2.75) is 150 Å². The van der Waals surface area contributed by atoms with Gasteiger partial charge >= 0.3 is 30.2 Å². The van der Waals surface area contributed by atoms with Gasteiger partial charge in [0.15, 0.2) is 0 Å². The van der Waals surface area contributed by atoms with Crippen molar-refractivity contribution < 1.29 is 49.2 Å². The van der Waals surface area contributed by atoms with Gasteiger partial charge in [0.05, 0.1) is 36.2 Å². The molecule has 4 heterocycles. The number of halogens is 5. The molecule has 0 aliphatic carbocycles. The van der Waals surface area contributed by atoms with E-state index >= 15 is 0 Å². The Balaban J connectivity index is -0.00000112. The van der Waals surface area contributed by atoms with Crippen LogP contribution in [0.5, 0.6) is 0 Å². The van der Waals surface area contributed by atoms with Gasteiger partial charge in [-0.2, -0.15) is 10.8 Å². The van der Waals surface area contributed by atoms with E-state index in [9.17, 15) is 22.2 Å². The first kappa shape index (κ1) is 96.6. The number of benzene rings is 4.